The lowest BCUT2D eigenvalue weighted by Gasteiger charge is -2.25. The quantitative estimate of drug-likeness (QED) is 0.647. The standard InChI is InChI=1S/C13H19O/c1-4-5-11-14-13(2,3)12-9-7-6-8-10-12/h6-10H,2,4-5,11H2,1,3H3. The predicted octanol–water partition coefficient (Wildman–Crippen LogP) is 3.55. The zero-order valence-corrected chi connectivity index (χ0v) is 9.12. The molecular weight excluding hydrogens is 172 g/mol. The molecule has 0 aromatic heterocycles. The molecular formula is C13H19O. The fourth-order valence-corrected chi connectivity index (χ4v) is 1.32. The van der Waals surface area contributed by atoms with Crippen molar-refractivity contribution in [2.75, 3.05) is 6.61 Å². The molecule has 1 aromatic carbocycles. The Bertz CT molecular complexity index is 251. The van der Waals surface area contributed by atoms with Crippen molar-refractivity contribution in [3.05, 3.63) is 42.8 Å². The van der Waals surface area contributed by atoms with Crippen LogP contribution in [0.2, 0.25) is 0 Å². The van der Waals surface area contributed by atoms with E-state index in [0.717, 1.165) is 25.0 Å². The van der Waals surface area contributed by atoms with Gasteiger partial charge in [0.1, 0.15) is 0 Å². The van der Waals surface area contributed by atoms with Crippen molar-refractivity contribution in [3.8, 4) is 0 Å². The summed E-state index contributed by atoms with van der Waals surface area (Å²) in [6.45, 7) is 9.04. The lowest BCUT2D eigenvalue weighted by molar-refractivity contribution is -0.00185. The topological polar surface area (TPSA) is 9.23 Å². The Morgan fingerprint density at radius 3 is 2.50 bits per heavy atom. The number of unbranched alkanes of at least 4 members (excludes halogenated alkanes) is 1. The zero-order valence-electron chi connectivity index (χ0n) is 9.12. The Labute approximate surface area is 87.1 Å². The van der Waals surface area contributed by atoms with E-state index in [1.807, 2.05) is 25.1 Å². The van der Waals surface area contributed by atoms with E-state index in [-0.39, 0.29) is 0 Å². The molecule has 0 bridgehead atoms. The van der Waals surface area contributed by atoms with Gasteiger partial charge in [0.25, 0.3) is 0 Å². The maximum absolute atomic E-state index is 5.74. The minimum absolute atomic E-state index is 0.406. The summed E-state index contributed by atoms with van der Waals surface area (Å²) in [5, 5.41) is 0. The van der Waals surface area contributed by atoms with Crippen molar-refractivity contribution in [2.45, 2.75) is 32.3 Å². The van der Waals surface area contributed by atoms with Crippen LogP contribution in [0.1, 0.15) is 32.3 Å². The first-order valence-electron chi connectivity index (χ1n) is 5.21. The van der Waals surface area contributed by atoms with Crippen LogP contribution in [0.15, 0.2) is 30.3 Å². The van der Waals surface area contributed by atoms with Crippen LogP contribution < -0.4 is 0 Å². The van der Waals surface area contributed by atoms with Gasteiger partial charge in [0.05, 0.1) is 5.60 Å². The second-order valence-electron chi connectivity index (χ2n) is 3.80. The molecule has 1 rings (SSSR count). The van der Waals surface area contributed by atoms with Crippen LogP contribution in [0, 0.1) is 6.92 Å². The second kappa shape index (κ2) is 5.16. The molecule has 0 aliphatic rings. The first kappa shape index (κ1) is 11.3. The van der Waals surface area contributed by atoms with E-state index in [9.17, 15) is 0 Å². The van der Waals surface area contributed by atoms with E-state index in [1.165, 1.54) is 0 Å². The largest absolute Gasteiger partial charge is 0.371 e. The number of rotatable bonds is 5. The van der Waals surface area contributed by atoms with Crippen LogP contribution in [-0.2, 0) is 10.3 Å². The van der Waals surface area contributed by atoms with Crippen molar-refractivity contribution >= 4 is 0 Å². The van der Waals surface area contributed by atoms with E-state index < -0.39 is 5.60 Å². The van der Waals surface area contributed by atoms with Gasteiger partial charge in [-0.3, -0.25) is 0 Å². The first-order chi connectivity index (χ1) is 6.67. The highest BCUT2D eigenvalue weighted by molar-refractivity contribution is 5.22. The molecule has 14 heavy (non-hydrogen) atoms. The summed E-state index contributed by atoms with van der Waals surface area (Å²) >= 11 is 0. The molecule has 1 unspecified atom stereocenters. The molecule has 0 heterocycles. The third-order valence-electron chi connectivity index (χ3n) is 2.30. The Morgan fingerprint density at radius 1 is 1.29 bits per heavy atom. The lowest BCUT2D eigenvalue weighted by atomic mass is 9.98. The number of hydrogen-bond acceptors (Lipinski definition) is 1. The van der Waals surface area contributed by atoms with Crippen molar-refractivity contribution in [2.24, 2.45) is 0 Å². The highest BCUT2D eigenvalue weighted by atomic mass is 16.5. The molecule has 1 heteroatoms. The molecule has 0 N–H and O–H groups in total. The molecule has 0 spiro atoms. The van der Waals surface area contributed by atoms with Gasteiger partial charge in [-0.2, -0.15) is 0 Å². The fraction of sp³-hybridized carbons (Fsp3) is 0.462. The summed E-state index contributed by atoms with van der Waals surface area (Å²) in [6, 6.07) is 10.1. The highest BCUT2D eigenvalue weighted by Crippen LogP contribution is 2.23. The van der Waals surface area contributed by atoms with Crippen molar-refractivity contribution in [1.82, 2.24) is 0 Å². The van der Waals surface area contributed by atoms with Crippen LogP contribution in [0.25, 0.3) is 0 Å². The van der Waals surface area contributed by atoms with Crippen molar-refractivity contribution in [1.29, 1.82) is 0 Å². The molecule has 0 saturated heterocycles. The first-order valence-corrected chi connectivity index (χ1v) is 5.21. The normalized spacial score (nSPS) is 11.6. The van der Waals surface area contributed by atoms with E-state index in [2.05, 4.69) is 26.0 Å². The van der Waals surface area contributed by atoms with E-state index in [1.54, 1.807) is 0 Å². The van der Waals surface area contributed by atoms with Crippen LogP contribution in [0.4, 0.5) is 0 Å². The van der Waals surface area contributed by atoms with Crippen LogP contribution in [-0.4, -0.2) is 6.61 Å². The van der Waals surface area contributed by atoms with Crippen LogP contribution in [0.3, 0.4) is 0 Å². The van der Waals surface area contributed by atoms with E-state index in [0.29, 0.717) is 0 Å². The van der Waals surface area contributed by atoms with Gasteiger partial charge in [0.15, 0.2) is 0 Å². The maximum atomic E-state index is 5.74. The van der Waals surface area contributed by atoms with Gasteiger partial charge in [0.2, 0.25) is 0 Å². The van der Waals surface area contributed by atoms with E-state index in [4.69, 9.17) is 4.74 Å². The predicted molar refractivity (Wildman–Crippen MR) is 60.0 cm³/mol. The molecule has 0 aliphatic heterocycles. The summed E-state index contributed by atoms with van der Waals surface area (Å²) < 4.78 is 5.74. The second-order valence-corrected chi connectivity index (χ2v) is 3.80. The Hall–Kier alpha value is -0.820. The summed E-state index contributed by atoms with van der Waals surface area (Å²) in [4.78, 5) is 0. The van der Waals surface area contributed by atoms with Gasteiger partial charge in [-0.25, -0.2) is 0 Å². The van der Waals surface area contributed by atoms with Gasteiger partial charge >= 0.3 is 0 Å². The summed E-state index contributed by atoms with van der Waals surface area (Å²) in [5.41, 5.74) is 0.729. The Balaban J connectivity index is 2.56. The van der Waals surface area contributed by atoms with Gasteiger partial charge in [-0.1, -0.05) is 43.7 Å². The summed E-state index contributed by atoms with van der Waals surface area (Å²) in [5.74, 6) is 0. The Kier molecular flexibility index (Phi) is 4.15. The molecule has 77 valence electrons. The minimum Gasteiger partial charge on any atom is -0.371 e. The number of benzene rings is 1. The average Bonchev–Trinajstić information content (AvgIpc) is 2.19. The minimum atomic E-state index is -0.406. The Morgan fingerprint density at radius 2 is 1.93 bits per heavy atom. The SMILES string of the molecule is [CH2]C(C)(OCCCC)c1ccccc1. The smallest absolute Gasteiger partial charge is 0.0904 e. The average molecular weight is 191 g/mol. The molecule has 0 aliphatic carbocycles. The molecule has 0 saturated carbocycles. The fourth-order valence-electron chi connectivity index (χ4n) is 1.32. The zero-order chi connectivity index (χ0) is 10.4. The highest BCUT2D eigenvalue weighted by Gasteiger charge is 2.20. The maximum Gasteiger partial charge on any atom is 0.0904 e. The molecule has 0 fully saturated rings. The monoisotopic (exact) mass is 191 g/mol. The molecule has 1 aromatic rings. The van der Waals surface area contributed by atoms with Gasteiger partial charge < -0.3 is 4.74 Å². The molecule has 0 amide bonds. The van der Waals surface area contributed by atoms with Gasteiger partial charge in [0, 0.05) is 6.61 Å². The third-order valence-corrected chi connectivity index (χ3v) is 2.30. The van der Waals surface area contributed by atoms with Gasteiger partial charge in [-0.15, -0.1) is 0 Å². The third kappa shape index (κ3) is 3.15. The number of ether oxygens (including phenoxy) is 1. The molecule has 1 nitrogen and oxygen atoms in total. The van der Waals surface area contributed by atoms with Crippen molar-refractivity contribution in [3.63, 3.8) is 0 Å². The molecule has 1 radical (unpaired) electrons. The lowest BCUT2D eigenvalue weighted by Crippen LogP contribution is -2.22. The molecule has 1 atom stereocenters. The summed E-state index contributed by atoms with van der Waals surface area (Å²) in [6.07, 6.45) is 2.25. The summed E-state index contributed by atoms with van der Waals surface area (Å²) in [7, 11) is 0. The van der Waals surface area contributed by atoms with E-state index >= 15 is 0 Å². The number of hydrogen-bond donors (Lipinski definition) is 0. The van der Waals surface area contributed by atoms with Gasteiger partial charge in [-0.05, 0) is 25.8 Å². The van der Waals surface area contributed by atoms with Crippen LogP contribution in [0.5, 0.6) is 0 Å². The van der Waals surface area contributed by atoms with Crippen molar-refractivity contribution < 1.29 is 4.74 Å². The van der Waals surface area contributed by atoms with Crippen LogP contribution >= 0.6 is 0 Å².